The van der Waals surface area contributed by atoms with Crippen molar-refractivity contribution in [3.8, 4) is 0 Å². The van der Waals surface area contributed by atoms with Crippen LogP contribution in [0.4, 0.5) is 4.79 Å². The van der Waals surface area contributed by atoms with E-state index < -0.39 is 6.09 Å². The molecule has 0 unspecified atom stereocenters. The van der Waals surface area contributed by atoms with Gasteiger partial charge in [0, 0.05) is 13.1 Å². The molecular formula is C6H11NO4. The smallest absolute Gasteiger partial charge is 0.407 e. The van der Waals surface area contributed by atoms with Gasteiger partial charge in [-0.05, 0) is 5.92 Å². The van der Waals surface area contributed by atoms with Crippen LogP contribution in [0.5, 0.6) is 0 Å². The highest BCUT2D eigenvalue weighted by Gasteiger charge is 2.25. The minimum atomic E-state index is -0.789. The number of carboxylic acid groups (broad SMARTS) is 2. The maximum absolute atomic E-state index is 10.1. The molecule has 1 fully saturated rings. The van der Waals surface area contributed by atoms with Gasteiger partial charge in [0.05, 0.1) is 0 Å². The Morgan fingerprint density at radius 3 is 2.09 bits per heavy atom. The highest BCUT2D eigenvalue weighted by atomic mass is 16.4. The summed E-state index contributed by atoms with van der Waals surface area (Å²) in [6, 6.07) is 0. The molecule has 0 aromatic rings. The second kappa shape index (κ2) is 4.54. The Balaban J connectivity index is 0.000000292. The molecule has 0 aromatic carbocycles. The molecule has 0 aromatic heterocycles. The van der Waals surface area contributed by atoms with Crippen molar-refractivity contribution in [3.63, 3.8) is 0 Å². The van der Waals surface area contributed by atoms with Crippen molar-refractivity contribution >= 4 is 12.6 Å². The van der Waals surface area contributed by atoms with Crippen LogP contribution in [-0.2, 0) is 4.79 Å². The van der Waals surface area contributed by atoms with Crippen molar-refractivity contribution in [1.82, 2.24) is 4.90 Å². The molecule has 1 heterocycles. The van der Waals surface area contributed by atoms with Gasteiger partial charge in [0.1, 0.15) is 0 Å². The molecule has 11 heavy (non-hydrogen) atoms. The zero-order chi connectivity index (χ0) is 8.85. The number of nitrogens with zero attached hydrogens (tertiary/aromatic N) is 1. The highest BCUT2D eigenvalue weighted by molar-refractivity contribution is 5.65. The molecule has 0 bridgehead atoms. The first-order valence-corrected chi connectivity index (χ1v) is 3.17. The molecule has 1 amide bonds. The second-order valence-corrected chi connectivity index (χ2v) is 2.40. The standard InChI is InChI=1S/C5H9NO2.CH2O2/c1-4-2-6(3-4)5(7)8;2-1-3/h4H,2-3H2,1H3,(H,7,8);1H,(H,2,3). The van der Waals surface area contributed by atoms with Crippen molar-refractivity contribution in [2.75, 3.05) is 13.1 Å². The molecule has 0 saturated carbocycles. The molecule has 1 saturated heterocycles. The first-order valence-electron chi connectivity index (χ1n) is 3.17. The number of carbonyl (C=O) groups is 2. The van der Waals surface area contributed by atoms with Crippen LogP contribution in [0.3, 0.4) is 0 Å². The van der Waals surface area contributed by atoms with Crippen molar-refractivity contribution in [3.05, 3.63) is 0 Å². The third-order valence-electron chi connectivity index (χ3n) is 1.33. The molecule has 64 valence electrons. The Morgan fingerprint density at radius 2 is 2.00 bits per heavy atom. The van der Waals surface area contributed by atoms with Gasteiger partial charge in [-0.3, -0.25) is 4.79 Å². The van der Waals surface area contributed by atoms with Gasteiger partial charge >= 0.3 is 6.09 Å². The molecule has 1 rings (SSSR count). The first-order chi connectivity index (χ1) is 5.11. The van der Waals surface area contributed by atoms with E-state index in [1.54, 1.807) is 0 Å². The largest absolute Gasteiger partial charge is 0.483 e. The average molecular weight is 161 g/mol. The van der Waals surface area contributed by atoms with Crippen molar-refractivity contribution in [1.29, 1.82) is 0 Å². The lowest BCUT2D eigenvalue weighted by molar-refractivity contribution is -0.122. The molecule has 0 radical (unpaired) electrons. The van der Waals surface area contributed by atoms with Gasteiger partial charge in [0.15, 0.2) is 0 Å². The fraction of sp³-hybridized carbons (Fsp3) is 0.667. The zero-order valence-corrected chi connectivity index (χ0v) is 6.23. The van der Waals surface area contributed by atoms with Crippen molar-refractivity contribution in [2.45, 2.75) is 6.92 Å². The molecule has 1 aliphatic rings. The Bertz CT molecular complexity index is 142. The van der Waals surface area contributed by atoms with Gasteiger partial charge in [-0.2, -0.15) is 0 Å². The highest BCUT2D eigenvalue weighted by Crippen LogP contribution is 2.12. The van der Waals surface area contributed by atoms with Crippen LogP contribution in [-0.4, -0.2) is 40.8 Å². The zero-order valence-electron chi connectivity index (χ0n) is 6.23. The van der Waals surface area contributed by atoms with E-state index in [1.807, 2.05) is 6.92 Å². The Morgan fingerprint density at radius 1 is 1.64 bits per heavy atom. The van der Waals surface area contributed by atoms with Gasteiger partial charge in [-0.25, -0.2) is 4.79 Å². The summed E-state index contributed by atoms with van der Waals surface area (Å²) in [5.41, 5.74) is 0. The van der Waals surface area contributed by atoms with E-state index in [9.17, 15) is 4.79 Å². The van der Waals surface area contributed by atoms with Gasteiger partial charge < -0.3 is 15.1 Å². The summed E-state index contributed by atoms with van der Waals surface area (Å²) in [5.74, 6) is 0.575. The van der Waals surface area contributed by atoms with Gasteiger partial charge in [0.25, 0.3) is 6.47 Å². The topological polar surface area (TPSA) is 77.8 Å². The van der Waals surface area contributed by atoms with Gasteiger partial charge in [-0.1, -0.05) is 6.92 Å². The lowest BCUT2D eigenvalue weighted by Crippen LogP contribution is -2.47. The van der Waals surface area contributed by atoms with Crippen LogP contribution in [0.2, 0.25) is 0 Å². The van der Waals surface area contributed by atoms with E-state index in [4.69, 9.17) is 15.0 Å². The van der Waals surface area contributed by atoms with E-state index in [1.165, 1.54) is 4.90 Å². The molecule has 2 N–H and O–H groups in total. The normalized spacial score (nSPS) is 15.9. The molecule has 1 aliphatic heterocycles. The SMILES string of the molecule is CC1CN(C(=O)O)C1.O=CO. The Kier molecular flexibility index (Phi) is 4.02. The molecule has 0 spiro atoms. The fourth-order valence-electron chi connectivity index (χ4n) is 0.855. The van der Waals surface area contributed by atoms with Crippen LogP contribution in [0.1, 0.15) is 6.92 Å². The van der Waals surface area contributed by atoms with E-state index in [2.05, 4.69) is 0 Å². The van der Waals surface area contributed by atoms with Crippen LogP contribution in [0.25, 0.3) is 0 Å². The summed E-state index contributed by atoms with van der Waals surface area (Å²) >= 11 is 0. The van der Waals surface area contributed by atoms with E-state index in [0.717, 1.165) is 13.1 Å². The predicted molar refractivity (Wildman–Crippen MR) is 37.5 cm³/mol. The number of likely N-dealkylation sites (tertiary alicyclic amines) is 1. The lowest BCUT2D eigenvalue weighted by Gasteiger charge is -2.34. The van der Waals surface area contributed by atoms with Gasteiger partial charge in [0.2, 0.25) is 0 Å². The third kappa shape index (κ3) is 3.44. The van der Waals surface area contributed by atoms with Crippen molar-refractivity contribution in [2.24, 2.45) is 5.92 Å². The molecule has 5 nitrogen and oxygen atoms in total. The monoisotopic (exact) mass is 161 g/mol. The molecule has 5 heteroatoms. The summed E-state index contributed by atoms with van der Waals surface area (Å²) in [7, 11) is 0. The maximum atomic E-state index is 10.1. The number of hydrogen-bond acceptors (Lipinski definition) is 2. The summed E-state index contributed by atoms with van der Waals surface area (Å²) < 4.78 is 0. The average Bonchev–Trinajstić information content (AvgIpc) is 1.82. The van der Waals surface area contributed by atoms with Crippen LogP contribution >= 0.6 is 0 Å². The third-order valence-corrected chi connectivity index (χ3v) is 1.33. The maximum Gasteiger partial charge on any atom is 0.407 e. The molecule has 0 aliphatic carbocycles. The molecular weight excluding hydrogens is 150 g/mol. The fourth-order valence-corrected chi connectivity index (χ4v) is 0.855. The van der Waals surface area contributed by atoms with E-state index in [0.29, 0.717) is 5.92 Å². The first kappa shape index (κ1) is 9.74. The summed E-state index contributed by atoms with van der Waals surface area (Å²) in [6.07, 6.45) is -0.789. The summed E-state index contributed by atoms with van der Waals surface area (Å²) in [5, 5.41) is 15.2. The summed E-state index contributed by atoms with van der Waals surface area (Å²) in [4.78, 5) is 19.8. The Labute approximate surface area is 64.2 Å². The quantitative estimate of drug-likeness (QED) is 0.501. The van der Waals surface area contributed by atoms with Crippen molar-refractivity contribution < 1.29 is 19.8 Å². The van der Waals surface area contributed by atoms with Crippen LogP contribution < -0.4 is 0 Å². The van der Waals surface area contributed by atoms with E-state index in [-0.39, 0.29) is 6.47 Å². The number of rotatable bonds is 0. The minimum absolute atomic E-state index is 0.250. The number of amides is 1. The van der Waals surface area contributed by atoms with E-state index >= 15 is 0 Å². The lowest BCUT2D eigenvalue weighted by atomic mass is 10.0. The molecule has 0 atom stereocenters. The number of hydrogen-bond donors (Lipinski definition) is 2. The van der Waals surface area contributed by atoms with Crippen LogP contribution in [0.15, 0.2) is 0 Å². The summed E-state index contributed by atoms with van der Waals surface area (Å²) in [6.45, 7) is 3.23. The van der Waals surface area contributed by atoms with Gasteiger partial charge in [-0.15, -0.1) is 0 Å². The minimum Gasteiger partial charge on any atom is -0.483 e. The predicted octanol–water partition coefficient (Wildman–Crippen LogP) is 0.317. The van der Waals surface area contributed by atoms with Crippen LogP contribution in [0, 0.1) is 5.92 Å². The Hall–Kier alpha value is -1.26. The second-order valence-electron chi connectivity index (χ2n) is 2.40.